The number of hydrogen-bond acceptors (Lipinski definition) is 7. The van der Waals surface area contributed by atoms with Crippen LogP contribution in [0, 0.1) is 0 Å². The first-order chi connectivity index (χ1) is 21.0. The third-order valence-corrected chi connectivity index (χ3v) is 8.00. The molecule has 0 saturated heterocycles. The van der Waals surface area contributed by atoms with Crippen molar-refractivity contribution in [1.29, 1.82) is 0 Å². The second kappa shape index (κ2) is 14.3. The minimum Gasteiger partial charge on any atom is -0.496 e. The first-order valence-corrected chi connectivity index (χ1v) is 14.9. The maximum Gasteiger partial charge on any atom is 0.266 e. The summed E-state index contributed by atoms with van der Waals surface area (Å²) in [5.41, 5.74) is 8.04. The smallest absolute Gasteiger partial charge is 0.266 e. The highest BCUT2D eigenvalue weighted by atomic mass is 79.9. The number of nitrogens with zero attached hydrogens (tertiary/aromatic N) is 1. The zero-order chi connectivity index (χ0) is 30.1. The van der Waals surface area contributed by atoms with Crippen molar-refractivity contribution >= 4 is 27.7 Å². The Morgan fingerprint density at radius 2 is 1.65 bits per heavy atom. The Hall–Kier alpha value is -4.18. The number of aliphatic hydroxyl groups excluding tert-OH is 1. The number of amides is 1. The van der Waals surface area contributed by atoms with Crippen LogP contribution in [0.1, 0.15) is 34.8 Å². The van der Waals surface area contributed by atoms with Gasteiger partial charge in [0.2, 0.25) is 5.90 Å². The van der Waals surface area contributed by atoms with E-state index in [1.165, 1.54) is 0 Å². The predicted octanol–water partition coefficient (Wildman–Crippen LogP) is 5.54. The SMILES string of the molecule is COc1ccccc1CNNC(=O)[C@@]1(Cc2ccccc2Br)N=C(c2ccc(OCCCO)cc2)O[C@H]1c1ccccc1. The molecule has 1 aliphatic heterocycles. The van der Waals surface area contributed by atoms with Gasteiger partial charge >= 0.3 is 0 Å². The molecule has 0 aromatic heterocycles. The van der Waals surface area contributed by atoms with E-state index in [1.807, 2.05) is 103 Å². The lowest BCUT2D eigenvalue weighted by molar-refractivity contribution is -0.130. The molecule has 0 unspecified atom stereocenters. The van der Waals surface area contributed by atoms with E-state index in [0.717, 1.165) is 32.5 Å². The molecule has 43 heavy (non-hydrogen) atoms. The number of benzene rings is 4. The molecule has 0 radical (unpaired) electrons. The number of hydrazine groups is 1. The number of hydrogen-bond donors (Lipinski definition) is 3. The topological polar surface area (TPSA) is 101 Å². The van der Waals surface area contributed by atoms with Gasteiger partial charge in [0.1, 0.15) is 11.5 Å². The molecule has 222 valence electrons. The molecule has 2 atom stereocenters. The molecule has 4 aromatic rings. The maximum atomic E-state index is 14.3. The fraction of sp³-hybridized carbons (Fsp3) is 0.235. The quantitative estimate of drug-likeness (QED) is 0.131. The lowest BCUT2D eigenvalue weighted by Crippen LogP contribution is -2.53. The first-order valence-electron chi connectivity index (χ1n) is 14.1. The number of ether oxygens (including phenoxy) is 3. The van der Waals surface area contributed by atoms with Gasteiger partial charge in [0, 0.05) is 41.6 Å². The Morgan fingerprint density at radius 1 is 0.953 bits per heavy atom. The molecule has 1 heterocycles. The second-order valence-corrected chi connectivity index (χ2v) is 10.9. The van der Waals surface area contributed by atoms with Crippen LogP contribution in [0.5, 0.6) is 11.5 Å². The molecule has 8 nitrogen and oxygen atoms in total. The predicted molar refractivity (Wildman–Crippen MR) is 169 cm³/mol. The van der Waals surface area contributed by atoms with Crippen molar-refractivity contribution in [3.05, 3.63) is 130 Å². The molecule has 3 N–H and O–H groups in total. The summed E-state index contributed by atoms with van der Waals surface area (Å²) >= 11 is 3.67. The summed E-state index contributed by atoms with van der Waals surface area (Å²) in [6.07, 6.45) is 0.125. The van der Waals surface area contributed by atoms with Crippen molar-refractivity contribution in [2.45, 2.75) is 31.0 Å². The monoisotopic (exact) mass is 643 g/mol. The number of para-hydroxylation sites is 1. The Kier molecular flexibility index (Phi) is 10.1. The van der Waals surface area contributed by atoms with E-state index in [9.17, 15) is 4.79 Å². The van der Waals surface area contributed by atoms with Gasteiger partial charge in [0.05, 0.1) is 13.7 Å². The van der Waals surface area contributed by atoms with Gasteiger partial charge in [-0.05, 0) is 47.5 Å². The van der Waals surface area contributed by atoms with Gasteiger partial charge in [-0.25, -0.2) is 10.4 Å². The van der Waals surface area contributed by atoms with Gasteiger partial charge in [-0.2, -0.15) is 0 Å². The van der Waals surface area contributed by atoms with Gasteiger partial charge in [-0.3, -0.25) is 10.2 Å². The second-order valence-electron chi connectivity index (χ2n) is 10.1. The van der Waals surface area contributed by atoms with E-state index >= 15 is 0 Å². The average molecular weight is 645 g/mol. The Bertz CT molecular complexity index is 1550. The zero-order valence-electron chi connectivity index (χ0n) is 23.8. The molecular formula is C34H34BrN3O5. The van der Waals surface area contributed by atoms with E-state index in [-0.39, 0.29) is 18.9 Å². The molecule has 1 aliphatic rings. The summed E-state index contributed by atoms with van der Waals surface area (Å²) in [6, 6.07) is 32.5. The molecular weight excluding hydrogens is 610 g/mol. The minimum atomic E-state index is -1.34. The molecule has 0 spiro atoms. The molecule has 0 fully saturated rings. The number of nitrogens with one attached hydrogen (secondary N) is 2. The van der Waals surface area contributed by atoms with Crippen molar-refractivity contribution in [2.24, 2.45) is 4.99 Å². The fourth-order valence-electron chi connectivity index (χ4n) is 5.02. The van der Waals surface area contributed by atoms with Crippen LogP contribution in [-0.2, 0) is 22.5 Å². The number of methoxy groups -OCH3 is 1. The standard InChI is InChI=1S/C34H34BrN3O5/c1-41-30-15-8-6-13-27(30)23-36-38-33(40)34(22-26-12-5-7-14-29(26)35)31(24-10-3-2-4-11-24)43-32(37-34)25-16-18-28(19-17-25)42-21-9-20-39/h2-8,10-19,31,36,39H,9,20-23H2,1H3,(H,38,40)/t31-,34-/m0/s1. The summed E-state index contributed by atoms with van der Waals surface area (Å²) in [4.78, 5) is 19.4. The number of carbonyl (C=O) groups excluding carboxylic acids is 1. The van der Waals surface area contributed by atoms with Gasteiger partial charge < -0.3 is 19.3 Å². The summed E-state index contributed by atoms with van der Waals surface area (Å²) in [6.45, 7) is 0.839. The van der Waals surface area contributed by atoms with Gasteiger partial charge in [0.25, 0.3) is 5.91 Å². The van der Waals surface area contributed by atoms with E-state index in [1.54, 1.807) is 7.11 Å². The van der Waals surface area contributed by atoms with Gasteiger partial charge in [0.15, 0.2) is 11.6 Å². The molecule has 9 heteroatoms. The summed E-state index contributed by atoms with van der Waals surface area (Å²) < 4.78 is 18.6. The van der Waals surface area contributed by atoms with Crippen LogP contribution in [0.2, 0.25) is 0 Å². The summed E-state index contributed by atoms with van der Waals surface area (Å²) in [5, 5.41) is 9.05. The lowest BCUT2D eigenvalue weighted by atomic mass is 9.82. The van der Waals surface area contributed by atoms with Crippen LogP contribution < -0.4 is 20.3 Å². The van der Waals surface area contributed by atoms with Crippen molar-refractivity contribution < 1.29 is 24.1 Å². The maximum absolute atomic E-state index is 14.3. The molecule has 0 bridgehead atoms. The number of carbonyl (C=O) groups is 1. The molecule has 5 rings (SSSR count). The Balaban J connectivity index is 1.51. The van der Waals surface area contributed by atoms with E-state index in [0.29, 0.717) is 31.2 Å². The highest BCUT2D eigenvalue weighted by molar-refractivity contribution is 9.10. The molecule has 4 aromatic carbocycles. The minimum absolute atomic E-state index is 0.0685. The highest BCUT2D eigenvalue weighted by Gasteiger charge is 2.53. The fourth-order valence-corrected chi connectivity index (χ4v) is 5.44. The Labute approximate surface area is 259 Å². The average Bonchev–Trinajstić information content (AvgIpc) is 3.44. The third-order valence-electron chi connectivity index (χ3n) is 7.22. The zero-order valence-corrected chi connectivity index (χ0v) is 25.4. The number of aliphatic hydroxyl groups is 1. The lowest BCUT2D eigenvalue weighted by Gasteiger charge is -2.31. The van der Waals surface area contributed by atoms with Crippen molar-refractivity contribution in [1.82, 2.24) is 10.9 Å². The van der Waals surface area contributed by atoms with E-state index < -0.39 is 11.6 Å². The van der Waals surface area contributed by atoms with Crippen LogP contribution in [0.4, 0.5) is 0 Å². The van der Waals surface area contributed by atoms with Gasteiger partial charge in [-0.15, -0.1) is 0 Å². The molecule has 0 aliphatic carbocycles. The third kappa shape index (κ3) is 7.07. The first kappa shape index (κ1) is 30.3. The largest absolute Gasteiger partial charge is 0.496 e. The van der Waals surface area contributed by atoms with Crippen LogP contribution in [-0.4, -0.2) is 42.8 Å². The molecule has 1 amide bonds. The Morgan fingerprint density at radius 3 is 2.37 bits per heavy atom. The van der Waals surface area contributed by atoms with E-state index in [4.69, 9.17) is 24.3 Å². The molecule has 0 saturated carbocycles. The van der Waals surface area contributed by atoms with Gasteiger partial charge in [-0.1, -0.05) is 82.7 Å². The normalized spacial score (nSPS) is 17.6. The van der Waals surface area contributed by atoms with Crippen LogP contribution in [0.3, 0.4) is 0 Å². The van der Waals surface area contributed by atoms with E-state index in [2.05, 4.69) is 26.8 Å². The van der Waals surface area contributed by atoms with Crippen LogP contribution in [0.25, 0.3) is 0 Å². The van der Waals surface area contributed by atoms with Crippen molar-refractivity contribution in [3.63, 3.8) is 0 Å². The van der Waals surface area contributed by atoms with Crippen molar-refractivity contribution in [3.8, 4) is 11.5 Å². The summed E-state index contributed by atoms with van der Waals surface area (Å²) in [5.74, 6) is 1.43. The van der Waals surface area contributed by atoms with Crippen LogP contribution in [0.15, 0.2) is 113 Å². The van der Waals surface area contributed by atoms with Crippen molar-refractivity contribution in [2.75, 3.05) is 20.3 Å². The summed E-state index contributed by atoms with van der Waals surface area (Å²) in [7, 11) is 1.62. The highest BCUT2D eigenvalue weighted by Crippen LogP contribution is 2.43. The van der Waals surface area contributed by atoms with Crippen LogP contribution >= 0.6 is 15.9 Å². The number of halogens is 1. The number of rotatable bonds is 13. The number of aliphatic imine (C=N–C) groups is 1.